The molecule has 43 heavy (non-hydrogen) atoms. The van der Waals surface area contributed by atoms with Gasteiger partial charge in [-0.2, -0.15) is 0 Å². The van der Waals surface area contributed by atoms with E-state index in [1.54, 1.807) is 29.2 Å². The number of hydrogen-bond donors (Lipinski definition) is 0. The molecule has 1 aliphatic carbocycles. The molecule has 1 saturated heterocycles. The van der Waals surface area contributed by atoms with Crippen LogP contribution in [0, 0.1) is 0 Å². The minimum atomic E-state index is -0.741. The standard InChI is InChI=1S/C33H38N4O6/c1-33(2,3)43-32(41)35-17-18-42-28(21-35)31(40)37(23-13-14-23)20-22-19-34(27-12-7-6-9-24(22)27)15-8-16-36-29(38)25-10-4-5-11-26(25)30(36)39/h4-7,9-12,19,23,28H,8,13-18,20-21H2,1-3H3. The van der Waals surface area contributed by atoms with Crippen LogP contribution < -0.4 is 0 Å². The Bertz CT molecular complexity index is 1530. The number of morpholine rings is 1. The molecular weight excluding hydrogens is 548 g/mol. The van der Waals surface area contributed by atoms with Crippen LogP contribution in [0.15, 0.2) is 54.7 Å². The number of amides is 4. The molecule has 10 nitrogen and oxygen atoms in total. The van der Waals surface area contributed by atoms with Crippen molar-refractivity contribution in [3.63, 3.8) is 0 Å². The minimum Gasteiger partial charge on any atom is -0.444 e. The van der Waals surface area contributed by atoms with Gasteiger partial charge >= 0.3 is 6.09 Å². The molecule has 1 unspecified atom stereocenters. The largest absolute Gasteiger partial charge is 0.444 e. The summed E-state index contributed by atoms with van der Waals surface area (Å²) in [6.07, 6.45) is 3.38. The summed E-state index contributed by atoms with van der Waals surface area (Å²) in [6, 6.07) is 15.2. The second-order valence-electron chi connectivity index (χ2n) is 12.5. The van der Waals surface area contributed by atoms with Gasteiger partial charge in [-0.15, -0.1) is 0 Å². The Morgan fingerprint density at radius 2 is 1.65 bits per heavy atom. The Kier molecular flexibility index (Phi) is 7.72. The van der Waals surface area contributed by atoms with Crippen molar-refractivity contribution in [1.29, 1.82) is 0 Å². The number of ether oxygens (including phenoxy) is 2. The summed E-state index contributed by atoms with van der Waals surface area (Å²) in [4.78, 5) is 56.9. The van der Waals surface area contributed by atoms with E-state index in [9.17, 15) is 19.2 Å². The smallest absolute Gasteiger partial charge is 0.410 e. The number of carbonyl (C=O) groups is 4. The minimum absolute atomic E-state index is 0.113. The third kappa shape index (κ3) is 6.01. The zero-order valence-electron chi connectivity index (χ0n) is 25.0. The van der Waals surface area contributed by atoms with Gasteiger partial charge < -0.3 is 23.8 Å². The maximum absolute atomic E-state index is 13.8. The van der Waals surface area contributed by atoms with E-state index in [2.05, 4.69) is 16.8 Å². The van der Waals surface area contributed by atoms with Crippen LogP contribution in [0.4, 0.5) is 4.79 Å². The summed E-state index contributed by atoms with van der Waals surface area (Å²) in [6.45, 7) is 7.67. The van der Waals surface area contributed by atoms with Gasteiger partial charge in [0.25, 0.3) is 17.7 Å². The Morgan fingerprint density at radius 3 is 2.33 bits per heavy atom. The number of para-hydroxylation sites is 1. The van der Waals surface area contributed by atoms with E-state index in [-0.39, 0.29) is 36.9 Å². The highest BCUT2D eigenvalue weighted by Crippen LogP contribution is 2.32. The molecule has 2 aliphatic heterocycles. The highest BCUT2D eigenvalue weighted by atomic mass is 16.6. The first-order valence-electron chi connectivity index (χ1n) is 15.0. The van der Waals surface area contributed by atoms with Crippen molar-refractivity contribution in [2.75, 3.05) is 26.2 Å². The Balaban J connectivity index is 1.14. The zero-order valence-corrected chi connectivity index (χ0v) is 25.0. The molecule has 6 rings (SSSR count). The van der Waals surface area contributed by atoms with Gasteiger partial charge in [0.05, 0.1) is 24.3 Å². The third-order valence-electron chi connectivity index (χ3n) is 8.14. The van der Waals surface area contributed by atoms with Crippen molar-refractivity contribution < 1.29 is 28.7 Å². The van der Waals surface area contributed by atoms with Crippen LogP contribution in [0.25, 0.3) is 10.9 Å². The van der Waals surface area contributed by atoms with Crippen LogP contribution in [-0.2, 0) is 27.4 Å². The quantitative estimate of drug-likeness (QED) is 0.362. The van der Waals surface area contributed by atoms with Crippen molar-refractivity contribution in [3.8, 4) is 0 Å². The van der Waals surface area contributed by atoms with Gasteiger partial charge in [-0.3, -0.25) is 19.3 Å². The lowest BCUT2D eigenvalue weighted by Crippen LogP contribution is -2.53. The van der Waals surface area contributed by atoms with Crippen LogP contribution in [-0.4, -0.2) is 87.1 Å². The van der Waals surface area contributed by atoms with Crippen molar-refractivity contribution in [1.82, 2.24) is 19.3 Å². The molecule has 10 heteroatoms. The third-order valence-corrected chi connectivity index (χ3v) is 8.14. The number of nitrogens with zero attached hydrogens (tertiary/aromatic N) is 4. The van der Waals surface area contributed by atoms with E-state index in [0.29, 0.717) is 43.7 Å². The van der Waals surface area contributed by atoms with Gasteiger partial charge in [-0.05, 0) is 63.8 Å². The summed E-state index contributed by atoms with van der Waals surface area (Å²) in [5, 5.41) is 1.06. The van der Waals surface area contributed by atoms with E-state index in [1.807, 2.05) is 43.9 Å². The molecule has 0 N–H and O–H groups in total. The van der Waals surface area contributed by atoms with Crippen LogP contribution in [0.5, 0.6) is 0 Å². The lowest BCUT2D eigenvalue weighted by atomic mass is 10.1. The summed E-state index contributed by atoms with van der Waals surface area (Å²) >= 11 is 0. The van der Waals surface area contributed by atoms with Gasteiger partial charge in [0, 0.05) is 49.3 Å². The number of fused-ring (bicyclic) bond motifs is 2. The van der Waals surface area contributed by atoms with Gasteiger partial charge in [0.15, 0.2) is 6.10 Å². The summed E-state index contributed by atoms with van der Waals surface area (Å²) in [7, 11) is 0. The molecule has 3 aliphatic rings. The topological polar surface area (TPSA) is 101 Å². The average molecular weight is 587 g/mol. The predicted molar refractivity (Wildman–Crippen MR) is 159 cm³/mol. The van der Waals surface area contributed by atoms with Crippen LogP contribution in [0.3, 0.4) is 0 Å². The monoisotopic (exact) mass is 586 g/mol. The first-order chi connectivity index (χ1) is 20.6. The molecule has 1 aromatic heterocycles. The van der Waals surface area contributed by atoms with Gasteiger partial charge in [-0.1, -0.05) is 30.3 Å². The summed E-state index contributed by atoms with van der Waals surface area (Å²) in [5.74, 6) is -0.599. The van der Waals surface area contributed by atoms with Crippen LogP contribution in [0.1, 0.15) is 66.3 Å². The van der Waals surface area contributed by atoms with Crippen molar-refractivity contribution in [2.24, 2.45) is 0 Å². The second kappa shape index (κ2) is 11.5. The molecule has 1 atom stereocenters. The molecule has 0 bridgehead atoms. The normalized spacial score (nSPS) is 18.7. The van der Waals surface area contributed by atoms with Crippen molar-refractivity contribution in [2.45, 2.75) is 70.9 Å². The Hall–Kier alpha value is -4.18. The second-order valence-corrected chi connectivity index (χ2v) is 12.5. The number of aryl methyl sites for hydroxylation is 1. The van der Waals surface area contributed by atoms with E-state index in [0.717, 1.165) is 29.3 Å². The molecular formula is C33H38N4O6. The van der Waals surface area contributed by atoms with E-state index >= 15 is 0 Å². The molecule has 2 aromatic carbocycles. The molecule has 0 spiro atoms. The van der Waals surface area contributed by atoms with Crippen LogP contribution in [0.2, 0.25) is 0 Å². The van der Waals surface area contributed by atoms with Gasteiger partial charge in [-0.25, -0.2) is 4.79 Å². The number of carbonyl (C=O) groups excluding carboxylic acids is 4. The molecule has 3 heterocycles. The molecule has 1 saturated carbocycles. The highest BCUT2D eigenvalue weighted by Gasteiger charge is 2.40. The molecule has 226 valence electrons. The first kappa shape index (κ1) is 28.9. The average Bonchev–Trinajstić information content (AvgIpc) is 3.74. The number of hydrogen-bond acceptors (Lipinski definition) is 6. The lowest BCUT2D eigenvalue weighted by Gasteiger charge is -2.35. The maximum atomic E-state index is 13.8. The van der Waals surface area contributed by atoms with E-state index in [1.165, 1.54) is 4.90 Å². The number of rotatable bonds is 8. The van der Waals surface area contributed by atoms with E-state index < -0.39 is 17.8 Å². The molecule has 0 radical (unpaired) electrons. The Morgan fingerprint density at radius 1 is 0.977 bits per heavy atom. The summed E-state index contributed by atoms with van der Waals surface area (Å²) in [5.41, 5.74) is 2.36. The fraction of sp³-hybridized carbons (Fsp3) is 0.455. The number of benzene rings is 2. The zero-order chi connectivity index (χ0) is 30.3. The lowest BCUT2D eigenvalue weighted by molar-refractivity contribution is -0.150. The molecule has 3 aromatic rings. The number of aromatic nitrogens is 1. The highest BCUT2D eigenvalue weighted by molar-refractivity contribution is 6.21. The van der Waals surface area contributed by atoms with Crippen molar-refractivity contribution in [3.05, 3.63) is 71.4 Å². The molecule has 2 fully saturated rings. The van der Waals surface area contributed by atoms with E-state index in [4.69, 9.17) is 9.47 Å². The SMILES string of the molecule is CC(C)(C)OC(=O)N1CCOC(C(=O)N(Cc2cn(CCCN3C(=O)c4ccccc4C3=O)c3ccccc23)C2CC2)C1. The van der Waals surface area contributed by atoms with Crippen molar-refractivity contribution >= 4 is 34.7 Å². The molecule has 4 amide bonds. The number of imide groups is 1. The maximum Gasteiger partial charge on any atom is 0.410 e. The van der Waals surface area contributed by atoms with Gasteiger partial charge in [0.1, 0.15) is 5.60 Å². The van der Waals surface area contributed by atoms with Crippen LogP contribution >= 0.6 is 0 Å². The fourth-order valence-corrected chi connectivity index (χ4v) is 5.91. The summed E-state index contributed by atoms with van der Waals surface area (Å²) < 4.78 is 13.5. The predicted octanol–water partition coefficient (Wildman–Crippen LogP) is 4.45. The fourth-order valence-electron chi connectivity index (χ4n) is 5.91. The Labute approximate surface area is 251 Å². The first-order valence-corrected chi connectivity index (χ1v) is 15.0. The van der Waals surface area contributed by atoms with Gasteiger partial charge in [0.2, 0.25) is 0 Å².